The molecule has 3 nitrogen and oxygen atoms in total. The Hall–Kier alpha value is -1.00. The summed E-state index contributed by atoms with van der Waals surface area (Å²) in [5, 5.41) is 0.959. The highest BCUT2D eigenvalue weighted by Crippen LogP contribution is 2.23. The van der Waals surface area contributed by atoms with E-state index < -0.39 is 9.05 Å². The highest BCUT2D eigenvalue weighted by Gasteiger charge is 2.09. The number of aryl methyl sites for hydroxylation is 2. The molecular formula is C11H11ClO3S. The predicted octanol–water partition coefficient (Wildman–Crippen LogP) is 2.85. The second-order valence-corrected chi connectivity index (χ2v) is 6.58. The zero-order valence-electron chi connectivity index (χ0n) is 8.73. The first kappa shape index (κ1) is 11.5. The Bertz CT molecular complexity index is 613. The maximum atomic E-state index is 10.9. The van der Waals surface area contributed by atoms with E-state index in [4.69, 9.17) is 15.1 Å². The Labute approximate surface area is 98.4 Å². The van der Waals surface area contributed by atoms with Crippen LogP contribution in [0.1, 0.15) is 11.3 Å². The van der Waals surface area contributed by atoms with Gasteiger partial charge in [0.2, 0.25) is 9.05 Å². The summed E-state index contributed by atoms with van der Waals surface area (Å²) in [6.45, 7) is 1.86. The molecule has 0 fully saturated rings. The molecule has 0 aliphatic rings. The number of hydrogen-bond donors (Lipinski definition) is 0. The first-order chi connectivity index (χ1) is 7.46. The lowest BCUT2D eigenvalue weighted by Crippen LogP contribution is -2.01. The van der Waals surface area contributed by atoms with Crippen molar-refractivity contribution in [3.63, 3.8) is 0 Å². The molecule has 2 aromatic rings. The first-order valence-corrected chi connectivity index (χ1v) is 7.34. The molecule has 0 aliphatic heterocycles. The number of rotatable bonds is 3. The van der Waals surface area contributed by atoms with Gasteiger partial charge in [0.15, 0.2) is 0 Å². The van der Waals surface area contributed by atoms with Crippen molar-refractivity contribution in [1.29, 1.82) is 0 Å². The third kappa shape index (κ3) is 2.57. The van der Waals surface area contributed by atoms with Crippen LogP contribution in [0.3, 0.4) is 0 Å². The average molecular weight is 259 g/mol. The van der Waals surface area contributed by atoms with Crippen LogP contribution < -0.4 is 0 Å². The lowest BCUT2D eigenvalue weighted by Gasteiger charge is -2.00. The zero-order chi connectivity index (χ0) is 11.8. The molecule has 1 aromatic heterocycles. The van der Waals surface area contributed by atoms with Gasteiger partial charge in [0.05, 0.1) is 5.75 Å². The number of benzene rings is 1. The summed E-state index contributed by atoms with van der Waals surface area (Å²) in [6.07, 6.45) is 0.405. The van der Waals surface area contributed by atoms with Crippen LogP contribution in [0.15, 0.2) is 28.7 Å². The molecule has 0 atom stereocenters. The normalized spacial score (nSPS) is 12.1. The highest BCUT2D eigenvalue weighted by atomic mass is 35.7. The lowest BCUT2D eigenvalue weighted by molar-refractivity contribution is 0.578. The van der Waals surface area contributed by atoms with E-state index in [2.05, 4.69) is 0 Å². The van der Waals surface area contributed by atoms with Crippen LogP contribution in [0.2, 0.25) is 0 Å². The molecule has 1 heterocycles. The fourth-order valence-electron chi connectivity index (χ4n) is 1.70. The molecule has 0 radical (unpaired) electrons. The molecule has 2 rings (SSSR count). The Kier molecular flexibility index (Phi) is 2.95. The first-order valence-electron chi connectivity index (χ1n) is 4.86. The van der Waals surface area contributed by atoms with Crippen molar-refractivity contribution >= 4 is 30.7 Å². The average Bonchev–Trinajstić information content (AvgIpc) is 2.54. The largest absolute Gasteiger partial charge is 0.461 e. The van der Waals surface area contributed by atoms with Crippen LogP contribution in [0.25, 0.3) is 11.0 Å². The van der Waals surface area contributed by atoms with Gasteiger partial charge in [0, 0.05) is 16.1 Å². The second kappa shape index (κ2) is 4.11. The highest BCUT2D eigenvalue weighted by molar-refractivity contribution is 8.13. The van der Waals surface area contributed by atoms with Gasteiger partial charge >= 0.3 is 0 Å². The number of fused-ring (bicyclic) bond motifs is 1. The predicted molar refractivity (Wildman–Crippen MR) is 64.3 cm³/mol. The SMILES string of the molecule is Cc1cc2c(CCS(=O)(=O)Cl)cccc2o1. The van der Waals surface area contributed by atoms with Gasteiger partial charge in [-0.2, -0.15) is 0 Å². The van der Waals surface area contributed by atoms with Crippen molar-refractivity contribution < 1.29 is 12.8 Å². The Balaban J connectivity index is 2.37. The van der Waals surface area contributed by atoms with Gasteiger partial charge in [-0.3, -0.25) is 0 Å². The summed E-state index contributed by atoms with van der Waals surface area (Å²) in [4.78, 5) is 0. The summed E-state index contributed by atoms with van der Waals surface area (Å²) in [7, 11) is 1.75. The van der Waals surface area contributed by atoms with Crippen LogP contribution >= 0.6 is 10.7 Å². The van der Waals surface area contributed by atoms with Crippen LogP contribution in [-0.2, 0) is 15.5 Å². The molecule has 0 saturated heterocycles. The third-order valence-electron chi connectivity index (χ3n) is 2.39. The van der Waals surface area contributed by atoms with E-state index in [1.54, 1.807) is 0 Å². The van der Waals surface area contributed by atoms with E-state index in [-0.39, 0.29) is 5.75 Å². The molecule has 0 amide bonds. The molecule has 0 bridgehead atoms. The van der Waals surface area contributed by atoms with Crippen molar-refractivity contribution in [2.45, 2.75) is 13.3 Å². The minimum Gasteiger partial charge on any atom is -0.461 e. The fraction of sp³-hybridized carbons (Fsp3) is 0.273. The Morgan fingerprint density at radius 2 is 2.12 bits per heavy atom. The van der Waals surface area contributed by atoms with E-state index in [9.17, 15) is 8.42 Å². The molecule has 0 unspecified atom stereocenters. The monoisotopic (exact) mass is 258 g/mol. The van der Waals surface area contributed by atoms with Crippen LogP contribution in [0.4, 0.5) is 0 Å². The van der Waals surface area contributed by atoms with Crippen molar-refractivity contribution in [2.75, 3.05) is 5.75 Å². The van der Waals surface area contributed by atoms with Crippen molar-refractivity contribution in [2.24, 2.45) is 0 Å². The van der Waals surface area contributed by atoms with Gasteiger partial charge in [0.25, 0.3) is 0 Å². The third-order valence-corrected chi connectivity index (χ3v) is 3.54. The number of hydrogen-bond acceptors (Lipinski definition) is 3. The van der Waals surface area contributed by atoms with E-state index in [0.717, 1.165) is 22.3 Å². The van der Waals surface area contributed by atoms with Crippen molar-refractivity contribution in [1.82, 2.24) is 0 Å². The van der Waals surface area contributed by atoms with Gasteiger partial charge in [0.1, 0.15) is 11.3 Å². The van der Waals surface area contributed by atoms with Crippen LogP contribution in [0, 0.1) is 6.92 Å². The Morgan fingerprint density at radius 1 is 1.38 bits per heavy atom. The molecule has 0 saturated carbocycles. The van der Waals surface area contributed by atoms with Gasteiger partial charge < -0.3 is 4.42 Å². The summed E-state index contributed by atoms with van der Waals surface area (Å²) < 4.78 is 27.2. The zero-order valence-corrected chi connectivity index (χ0v) is 10.3. The lowest BCUT2D eigenvalue weighted by atomic mass is 10.1. The molecule has 5 heteroatoms. The molecule has 0 N–H and O–H groups in total. The van der Waals surface area contributed by atoms with Crippen molar-refractivity contribution in [3.8, 4) is 0 Å². The van der Waals surface area contributed by atoms with Crippen LogP contribution in [0.5, 0.6) is 0 Å². The van der Waals surface area contributed by atoms with E-state index in [1.165, 1.54) is 0 Å². The summed E-state index contributed by atoms with van der Waals surface area (Å²) in [6, 6.07) is 7.51. The van der Waals surface area contributed by atoms with E-state index in [1.807, 2.05) is 31.2 Å². The van der Waals surface area contributed by atoms with Gasteiger partial charge in [-0.05, 0) is 31.0 Å². The van der Waals surface area contributed by atoms with Crippen LogP contribution in [-0.4, -0.2) is 14.2 Å². The topological polar surface area (TPSA) is 47.3 Å². The number of halogens is 1. The minimum absolute atomic E-state index is 0.0576. The summed E-state index contributed by atoms with van der Waals surface area (Å²) in [5.41, 5.74) is 1.72. The fourth-order valence-corrected chi connectivity index (χ4v) is 2.39. The maximum absolute atomic E-state index is 10.9. The Morgan fingerprint density at radius 3 is 2.81 bits per heavy atom. The molecule has 86 valence electrons. The molecule has 1 aromatic carbocycles. The smallest absolute Gasteiger partial charge is 0.232 e. The van der Waals surface area contributed by atoms with Gasteiger partial charge in [-0.25, -0.2) is 8.42 Å². The second-order valence-electron chi connectivity index (χ2n) is 3.68. The van der Waals surface area contributed by atoms with E-state index in [0.29, 0.717) is 6.42 Å². The molecule has 0 spiro atoms. The summed E-state index contributed by atoms with van der Waals surface area (Å²) >= 11 is 0. The molecule has 0 aliphatic carbocycles. The van der Waals surface area contributed by atoms with E-state index >= 15 is 0 Å². The summed E-state index contributed by atoms with van der Waals surface area (Å²) in [5.74, 6) is 0.758. The van der Waals surface area contributed by atoms with Crippen molar-refractivity contribution in [3.05, 3.63) is 35.6 Å². The minimum atomic E-state index is -3.44. The van der Waals surface area contributed by atoms with Gasteiger partial charge in [-0.15, -0.1) is 0 Å². The quantitative estimate of drug-likeness (QED) is 0.796. The standard InChI is InChI=1S/C11H11ClO3S/c1-8-7-10-9(5-6-16(12,13)14)3-2-4-11(10)15-8/h2-4,7H,5-6H2,1H3. The molecule has 16 heavy (non-hydrogen) atoms. The number of furan rings is 1. The van der Waals surface area contributed by atoms with Gasteiger partial charge in [-0.1, -0.05) is 12.1 Å². The maximum Gasteiger partial charge on any atom is 0.232 e. The molecular weight excluding hydrogens is 248 g/mol.